The molecule has 136 valence electrons. The summed E-state index contributed by atoms with van der Waals surface area (Å²) in [7, 11) is 2.23. The Labute approximate surface area is 160 Å². The number of nitrogens with zero attached hydrogens (tertiary/aromatic N) is 2. The third-order valence-electron chi connectivity index (χ3n) is 5.25. The first-order valence-electron chi connectivity index (χ1n) is 9.22. The fraction of sp³-hybridized carbons (Fsp3) is 0.944. The number of halogens is 1. The summed E-state index contributed by atoms with van der Waals surface area (Å²) in [5.74, 6) is 1.75. The van der Waals surface area contributed by atoms with Crippen molar-refractivity contribution in [2.75, 3.05) is 33.2 Å². The Morgan fingerprint density at radius 2 is 1.91 bits per heavy atom. The van der Waals surface area contributed by atoms with E-state index in [1.54, 1.807) is 0 Å². The first-order chi connectivity index (χ1) is 10.5. The van der Waals surface area contributed by atoms with Crippen LogP contribution in [0, 0.1) is 11.3 Å². The van der Waals surface area contributed by atoms with Gasteiger partial charge in [0, 0.05) is 25.7 Å². The Morgan fingerprint density at radius 3 is 2.52 bits per heavy atom. The predicted molar refractivity (Wildman–Crippen MR) is 111 cm³/mol. The molecular weight excluding hydrogens is 399 g/mol. The number of guanidine groups is 1. The third-order valence-corrected chi connectivity index (χ3v) is 5.25. The first-order valence-corrected chi connectivity index (χ1v) is 9.22. The molecule has 2 N–H and O–H groups in total. The molecule has 0 radical (unpaired) electrons. The van der Waals surface area contributed by atoms with E-state index in [-0.39, 0.29) is 24.0 Å². The van der Waals surface area contributed by atoms with Crippen LogP contribution in [0.2, 0.25) is 0 Å². The highest BCUT2D eigenvalue weighted by Gasteiger charge is 2.27. The molecule has 1 atom stereocenters. The summed E-state index contributed by atoms with van der Waals surface area (Å²) in [6.07, 6.45) is 7.81. The quantitative estimate of drug-likeness (QED) is 0.403. The summed E-state index contributed by atoms with van der Waals surface area (Å²) in [4.78, 5) is 7.31. The maximum absolute atomic E-state index is 4.87. The van der Waals surface area contributed by atoms with Crippen LogP contribution >= 0.6 is 24.0 Å². The minimum absolute atomic E-state index is 0. The van der Waals surface area contributed by atoms with Crippen molar-refractivity contribution in [1.82, 2.24) is 15.5 Å². The van der Waals surface area contributed by atoms with Crippen LogP contribution < -0.4 is 10.6 Å². The summed E-state index contributed by atoms with van der Waals surface area (Å²) in [5, 5.41) is 7.10. The monoisotopic (exact) mass is 436 g/mol. The van der Waals surface area contributed by atoms with Crippen LogP contribution in [0.1, 0.15) is 59.3 Å². The van der Waals surface area contributed by atoms with Crippen LogP contribution in [0.4, 0.5) is 0 Å². The van der Waals surface area contributed by atoms with Crippen LogP contribution in [0.15, 0.2) is 4.99 Å². The van der Waals surface area contributed by atoms with Crippen molar-refractivity contribution < 1.29 is 0 Å². The van der Waals surface area contributed by atoms with Gasteiger partial charge in [-0.1, -0.05) is 13.8 Å². The highest BCUT2D eigenvalue weighted by molar-refractivity contribution is 14.0. The molecule has 2 aliphatic rings. The molecule has 1 unspecified atom stereocenters. The smallest absolute Gasteiger partial charge is 0.191 e. The van der Waals surface area contributed by atoms with Crippen LogP contribution in [-0.2, 0) is 0 Å². The minimum atomic E-state index is 0. The predicted octanol–water partition coefficient (Wildman–Crippen LogP) is 3.47. The average Bonchev–Trinajstić information content (AvgIpc) is 2.47. The van der Waals surface area contributed by atoms with Crippen LogP contribution in [-0.4, -0.2) is 50.1 Å². The van der Waals surface area contributed by atoms with Crippen molar-refractivity contribution >= 4 is 29.9 Å². The lowest BCUT2D eigenvalue weighted by Crippen LogP contribution is -2.46. The van der Waals surface area contributed by atoms with Gasteiger partial charge in [0.1, 0.15) is 0 Å². The van der Waals surface area contributed by atoms with Gasteiger partial charge < -0.3 is 15.5 Å². The molecule has 2 fully saturated rings. The van der Waals surface area contributed by atoms with E-state index in [0.717, 1.165) is 25.0 Å². The number of rotatable bonds is 4. The maximum atomic E-state index is 4.87. The lowest BCUT2D eigenvalue weighted by molar-refractivity contribution is 0.212. The van der Waals surface area contributed by atoms with E-state index in [1.165, 1.54) is 51.6 Å². The van der Waals surface area contributed by atoms with E-state index < -0.39 is 0 Å². The number of nitrogens with one attached hydrogen (secondary N) is 2. The van der Waals surface area contributed by atoms with E-state index in [9.17, 15) is 0 Å². The summed E-state index contributed by atoms with van der Waals surface area (Å²) < 4.78 is 0. The fourth-order valence-electron chi connectivity index (χ4n) is 3.70. The lowest BCUT2D eigenvalue weighted by Gasteiger charge is -2.35. The number of aliphatic imine (C=N–C) groups is 1. The lowest BCUT2D eigenvalue weighted by atomic mass is 9.75. The molecule has 1 heterocycles. The second-order valence-electron chi connectivity index (χ2n) is 8.07. The standard InChI is InChI=1S/C18H36N4.HI/c1-5-19-17(20-13-15-7-6-12-22(4)14-15)21-16-8-10-18(2,3)11-9-16;/h15-16H,5-14H2,1-4H3,(H2,19,20,21);1H. The largest absolute Gasteiger partial charge is 0.357 e. The highest BCUT2D eigenvalue weighted by Crippen LogP contribution is 2.34. The van der Waals surface area contributed by atoms with Gasteiger partial charge in [-0.3, -0.25) is 4.99 Å². The van der Waals surface area contributed by atoms with Crippen LogP contribution in [0.5, 0.6) is 0 Å². The Hall–Kier alpha value is -0.0400. The average molecular weight is 436 g/mol. The first kappa shape index (κ1) is 21.0. The molecule has 23 heavy (non-hydrogen) atoms. The zero-order chi connectivity index (χ0) is 16.0. The molecule has 4 nitrogen and oxygen atoms in total. The summed E-state index contributed by atoms with van der Waals surface area (Å²) in [5.41, 5.74) is 0.528. The van der Waals surface area contributed by atoms with E-state index in [4.69, 9.17) is 4.99 Å². The Morgan fingerprint density at radius 1 is 1.22 bits per heavy atom. The zero-order valence-corrected chi connectivity index (χ0v) is 17.9. The molecule has 1 saturated carbocycles. The molecular formula is C18H37IN4. The van der Waals surface area contributed by atoms with E-state index in [1.807, 2.05) is 0 Å². The van der Waals surface area contributed by atoms with Crippen molar-refractivity contribution in [2.24, 2.45) is 16.3 Å². The molecule has 1 aliphatic carbocycles. The van der Waals surface area contributed by atoms with Crippen molar-refractivity contribution in [3.05, 3.63) is 0 Å². The van der Waals surface area contributed by atoms with Gasteiger partial charge in [-0.2, -0.15) is 0 Å². The van der Waals surface area contributed by atoms with Gasteiger partial charge in [0.25, 0.3) is 0 Å². The van der Waals surface area contributed by atoms with Gasteiger partial charge in [-0.25, -0.2) is 0 Å². The molecule has 1 saturated heterocycles. The van der Waals surface area contributed by atoms with E-state index >= 15 is 0 Å². The SMILES string of the molecule is CCNC(=NCC1CCCN(C)C1)NC1CCC(C)(C)CC1.I. The molecule has 0 aromatic rings. The second-order valence-corrected chi connectivity index (χ2v) is 8.07. The van der Waals surface area contributed by atoms with Crippen LogP contribution in [0.3, 0.4) is 0 Å². The van der Waals surface area contributed by atoms with Gasteiger partial charge in [0.05, 0.1) is 0 Å². The highest BCUT2D eigenvalue weighted by atomic mass is 127. The van der Waals surface area contributed by atoms with Gasteiger partial charge in [0.2, 0.25) is 0 Å². The van der Waals surface area contributed by atoms with Crippen molar-refractivity contribution in [3.63, 3.8) is 0 Å². The fourth-order valence-corrected chi connectivity index (χ4v) is 3.70. The van der Waals surface area contributed by atoms with Crippen LogP contribution in [0.25, 0.3) is 0 Å². The number of hydrogen-bond acceptors (Lipinski definition) is 2. The van der Waals surface area contributed by atoms with E-state index in [0.29, 0.717) is 11.5 Å². The number of hydrogen-bond donors (Lipinski definition) is 2. The zero-order valence-electron chi connectivity index (χ0n) is 15.5. The van der Waals surface area contributed by atoms with Gasteiger partial charge in [0.15, 0.2) is 5.96 Å². The van der Waals surface area contributed by atoms with Crippen molar-refractivity contribution in [2.45, 2.75) is 65.3 Å². The maximum Gasteiger partial charge on any atom is 0.191 e. The molecule has 0 bridgehead atoms. The summed E-state index contributed by atoms with van der Waals surface area (Å²) in [6.45, 7) is 11.3. The Kier molecular flexibility index (Phi) is 9.19. The van der Waals surface area contributed by atoms with Crippen molar-refractivity contribution in [3.8, 4) is 0 Å². The molecule has 2 rings (SSSR count). The molecule has 0 amide bonds. The van der Waals surface area contributed by atoms with Gasteiger partial charge in [-0.05, 0) is 70.4 Å². The topological polar surface area (TPSA) is 39.7 Å². The van der Waals surface area contributed by atoms with Crippen molar-refractivity contribution in [1.29, 1.82) is 0 Å². The second kappa shape index (κ2) is 10.1. The molecule has 0 aromatic carbocycles. The normalized spacial score (nSPS) is 26.4. The number of piperidine rings is 1. The number of likely N-dealkylation sites (tertiary alicyclic amines) is 1. The van der Waals surface area contributed by atoms with E-state index in [2.05, 4.69) is 43.4 Å². The minimum Gasteiger partial charge on any atom is -0.357 e. The molecule has 1 aliphatic heterocycles. The summed E-state index contributed by atoms with van der Waals surface area (Å²) in [6, 6.07) is 0.597. The molecule has 5 heteroatoms. The van der Waals surface area contributed by atoms with Gasteiger partial charge in [-0.15, -0.1) is 24.0 Å². The summed E-state index contributed by atoms with van der Waals surface area (Å²) >= 11 is 0. The Bertz CT molecular complexity index is 360. The third kappa shape index (κ3) is 7.59. The Balaban J connectivity index is 0.00000264. The van der Waals surface area contributed by atoms with Gasteiger partial charge >= 0.3 is 0 Å². The molecule has 0 spiro atoms. The molecule has 0 aromatic heterocycles.